The molecule has 3 saturated carbocycles. The molecule has 0 aromatic rings. The molecule has 4 aliphatic carbocycles. The predicted octanol–water partition coefficient (Wildman–Crippen LogP) is 1.78. The predicted molar refractivity (Wildman–Crippen MR) is 114 cm³/mol. The van der Waals surface area contributed by atoms with Crippen LogP contribution in [0, 0.1) is 22.7 Å². The third-order valence-corrected chi connectivity index (χ3v) is 9.26. The molecular formula is C25H29FO8. The zero-order chi connectivity index (χ0) is 24.8. The van der Waals surface area contributed by atoms with Crippen molar-refractivity contribution in [1.29, 1.82) is 0 Å². The number of epoxide rings is 1. The molecule has 184 valence electrons. The summed E-state index contributed by atoms with van der Waals surface area (Å²) in [4.78, 5) is 48.5. The van der Waals surface area contributed by atoms with E-state index in [-0.39, 0.29) is 37.1 Å². The van der Waals surface area contributed by atoms with E-state index in [0.717, 1.165) is 6.92 Å². The molecule has 5 rings (SSSR count). The van der Waals surface area contributed by atoms with E-state index in [1.165, 1.54) is 19.1 Å². The van der Waals surface area contributed by atoms with Crippen molar-refractivity contribution in [2.24, 2.45) is 22.7 Å². The van der Waals surface area contributed by atoms with Crippen molar-refractivity contribution in [3.8, 4) is 0 Å². The van der Waals surface area contributed by atoms with E-state index >= 15 is 4.39 Å². The van der Waals surface area contributed by atoms with Crippen LogP contribution in [0.2, 0.25) is 0 Å². The molecule has 0 aromatic carbocycles. The number of ketones is 2. The molecule has 1 aliphatic heterocycles. The van der Waals surface area contributed by atoms with Gasteiger partial charge in [-0.3, -0.25) is 19.2 Å². The Labute approximate surface area is 196 Å². The second-order valence-corrected chi connectivity index (χ2v) is 10.8. The van der Waals surface area contributed by atoms with E-state index in [0.29, 0.717) is 5.57 Å². The second kappa shape index (κ2) is 7.07. The Balaban J connectivity index is 1.58. The maximum absolute atomic E-state index is 15.6. The number of allylic oxidation sites excluding steroid dienone is 2. The molecular weight excluding hydrogens is 447 g/mol. The number of carbonyl (C=O) groups excluding carboxylic acids is 4. The Hall–Kier alpha value is -2.39. The monoisotopic (exact) mass is 476 g/mol. The van der Waals surface area contributed by atoms with Crippen LogP contribution in [0.25, 0.3) is 0 Å². The average Bonchev–Trinajstić information content (AvgIpc) is 3.43. The Bertz CT molecular complexity index is 1070. The van der Waals surface area contributed by atoms with Crippen molar-refractivity contribution in [3.63, 3.8) is 0 Å². The second-order valence-electron chi connectivity index (χ2n) is 10.8. The molecule has 5 aliphatic rings. The summed E-state index contributed by atoms with van der Waals surface area (Å²) >= 11 is 0. The van der Waals surface area contributed by atoms with Gasteiger partial charge in [0.1, 0.15) is 17.9 Å². The van der Waals surface area contributed by atoms with Gasteiger partial charge in [-0.25, -0.2) is 4.39 Å². The number of carbonyl (C=O) groups is 4. The van der Waals surface area contributed by atoms with Gasteiger partial charge in [0.2, 0.25) is 5.78 Å². The van der Waals surface area contributed by atoms with Gasteiger partial charge >= 0.3 is 11.9 Å². The van der Waals surface area contributed by atoms with E-state index in [9.17, 15) is 24.3 Å². The van der Waals surface area contributed by atoms with Gasteiger partial charge in [0.05, 0.1) is 6.10 Å². The Kier molecular flexibility index (Phi) is 4.86. The van der Waals surface area contributed by atoms with Crippen LogP contribution in [-0.2, 0) is 33.4 Å². The van der Waals surface area contributed by atoms with E-state index in [4.69, 9.17) is 14.2 Å². The highest BCUT2D eigenvalue weighted by molar-refractivity contribution is 6.01. The van der Waals surface area contributed by atoms with E-state index in [1.54, 1.807) is 13.0 Å². The van der Waals surface area contributed by atoms with Crippen LogP contribution in [-0.4, -0.2) is 64.8 Å². The molecule has 1 spiro atoms. The minimum absolute atomic E-state index is 0.0697. The molecule has 0 unspecified atom stereocenters. The minimum Gasteiger partial charge on any atom is -0.459 e. The maximum atomic E-state index is 15.6. The normalized spacial score (nSPS) is 48.0. The van der Waals surface area contributed by atoms with Crippen LogP contribution in [0.5, 0.6) is 0 Å². The molecule has 0 radical (unpaired) electrons. The fraction of sp³-hybridized carbons (Fsp3) is 0.680. The molecule has 9 heteroatoms. The van der Waals surface area contributed by atoms with Gasteiger partial charge in [0.15, 0.2) is 18.0 Å². The first kappa shape index (κ1) is 23.4. The van der Waals surface area contributed by atoms with Gasteiger partial charge in [-0.15, -0.1) is 0 Å². The lowest BCUT2D eigenvalue weighted by Crippen LogP contribution is -2.64. The van der Waals surface area contributed by atoms with Crippen LogP contribution >= 0.6 is 0 Å². The summed E-state index contributed by atoms with van der Waals surface area (Å²) in [5.74, 6) is -3.14. The number of Topliss-reactive ketones (excluding diaryl/α,β-unsaturated/α-hetero) is 1. The summed E-state index contributed by atoms with van der Waals surface area (Å²) < 4.78 is 32.2. The average molecular weight is 476 g/mol. The highest BCUT2D eigenvalue weighted by Crippen LogP contribution is 2.76. The zero-order valence-corrected chi connectivity index (χ0v) is 19.6. The number of fused-ring (bicyclic) bond motifs is 3. The minimum atomic E-state index is -2.13. The van der Waals surface area contributed by atoms with Crippen molar-refractivity contribution in [3.05, 3.63) is 23.8 Å². The lowest BCUT2D eigenvalue weighted by molar-refractivity contribution is -0.187. The molecule has 1 N–H and O–H groups in total. The van der Waals surface area contributed by atoms with Crippen LogP contribution < -0.4 is 0 Å². The number of halogens is 1. The third kappa shape index (κ3) is 2.71. The van der Waals surface area contributed by atoms with Gasteiger partial charge in [0, 0.05) is 24.7 Å². The number of esters is 2. The van der Waals surface area contributed by atoms with E-state index in [1.807, 2.05) is 6.92 Å². The molecule has 4 fully saturated rings. The largest absolute Gasteiger partial charge is 0.459 e. The summed E-state index contributed by atoms with van der Waals surface area (Å²) in [7, 11) is 0. The topological polar surface area (TPSA) is 120 Å². The number of hydrogen-bond donors (Lipinski definition) is 1. The van der Waals surface area contributed by atoms with Gasteiger partial charge in [-0.1, -0.05) is 13.0 Å². The van der Waals surface area contributed by atoms with Crippen molar-refractivity contribution >= 4 is 23.5 Å². The molecule has 0 aromatic heterocycles. The maximum Gasteiger partial charge on any atom is 0.303 e. The highest BCUT2D eigenvalue weighted by Gasteiger charge is 2.83. The Morgan fingerprint density at radius 3 is 2.53 bits per heavy atom. The molecule has 34 heavy (non-hydrogen) atoms. The number of hydrogen-bond acceptors (Lipinski definition) is 8. The summed E-state index contributed by atoms with van der Waals surface area (Å²) in [5.41, 5.74) is -4.44. The summed E-state index contributed by atoms with van der Waals surface area (Å²) in [5, 5.41) is 11.9. The lowest BCUT2D eigenvalue weighted by Gasteiger charge is -2.55. The van der Waals surface area contributed by atoms with E-state index in [2.05, 4.69) is 0 Å². The fourth-order valence-electron chi connectivity index (χ4n) is 7.74. The van der Waals surface area contributed by atoms with Crippen molar-refractivity contribution in [2.75, 3.05) is 6.61 Å². The fourth-order valence-corrected chi connectivity index (χ4v) is 7.74. The number of rotatable bonds is 4. The Morgan fingerprint density at radius 2 is 1.88 bits per heavy atom. The molecule has 9 atom stereocenters. The van der Waals surface area contributed by atoms with Crippen molar-refractivity contribution in [2.45, 2.75) is 76.5 Å². The molecule has 0 bridgehead atoms. The molecule has 1 saturated heterocycles. The zero-order valence-electron chi connectivity index (χ0n) is 19.6. The number of ether oxygens (including phenoxy) is 3. The summed E-state index contributed by atoms with van der Waals surface area (Å²) in [6.45, 7) is 5.32. The first-order chi connectivity index (χ1) is 15.8. The first-order valence-electron chi connectivity index (χ1n) is 11.6. The van der Waals surface area contributed by atoms with Gasteiger partial charge in [-0.2, -0.15) is 0 Å². The van der Waals surface area contributed by atoms with Crippen molar-refractivity contribution in [1.82, 2.24) is 0 Å². The first-order valence-corrected chi connectivity index (χ1v) is 11.6. The van der Waals surface area contributed by atoms with Crippen LogP contribution in [0.4, 0.5) is 4.39 Å². The standard InChI is InChI=1S/C25H29FO8/c1-12(27)32-11-19(30)24(31)20(33-13(2)28)9-15-16-8-18(26)17-7-14(29)5-6-22(17,3)25(16)21(34-25)10-23(15,24)4/h5-7,15-16,18,20-21,31H,8-11H2,1-4H3/t15-,16-,18+,20+,21-,22-,23-,24+,25+/m0/s1. The molecule has 0 amide bonds. The number of alkyl halides is 1. The SMILES string of the molecule is CC(=O)OCC(=O)[C@@]1(O)[C@H](OC(C)=O)C[C@H]2[C@@H]3C[C@@H](F)C4=CC(=O)C=C[C@]4(C)[C@@]34O[C@H]4C[C@@]21C. The van der Waals surface area contributed by atoms with Gasteiger partial charge < -0.3 is 19.3 Å². The van der Waals surface area contributed by atoms with E-state index < -0.39 is 64.6 Å². The summed E-state index contributed by atoms with van der Waals surface area (Å²) in [6, 6.07) is 0. The smallest absolute Gasteiger partial charge is 0.303 e. The quantitative estimate of drug-likeness (QED) is 0.482. The molecule has 8 nitrogen and oxygen atoms in total. The van der Waals surface area contributed by atoms with Gasteiger partial charge in [-0.05, 0) is 55.7 Å². The van der Waals surface area contributed by atoms with Crippen LogP contribution in [0.15, 0.2) is 23.8 Å². The van der Waals surface area contributed by atoms with Crippen LogP contribution in [0.1, 0.15) is 47.0 Å². The molecule has 1 heterocycles. The number of aliphatic hydroxyl groups is 1. The van der Waals surface area contributed by atoms with Crippen LogP contribution in [0.3, 0.4) is 0 Å². The summed E-state index contributed by atoms with van der Waals surface area (Å²) in [6.07, 6.45) is 2.07. The van der Waals surface area contributed by atoms with Crippen molar-refractivity contribution < 1.29 is 42.9 Å². The lowest BCUT2D eigenvalue weighted by atomic mass is 9.46. The van der Waals surface area contributed by atoms with Gasteiger partial charge in [0.25, 0.3) is 0 Å². The third-order valence-electron chi connectivity index (χ3n) is 9.26. The Morgan fingerprint density at radius 1 is 1.18 bits per heavy atom. The highest BCUT2D eigenvalue weighted by atomic mass is 19.1.